The summed E-state index contributed by atoms with van der Waals surface area (Å²) in [4.78, 5) is 28.7. The molecule has 1 atom stereocenters. The summed E-state index contributed by atoms with van der Waals surface area (Å²) < 4.78 is 5.46. The number of nitrogens with zero attached hydrogens (tertiary/aromatic N) is 2. The van der Waals surface area contributed by atoms with Crippen LogP contribution >= 0.6 is 0 Å². The summed E-state index contributed by atoms with van der Waals surface area (Å²) in [6, 6.07) is 0.404. The molecule has 0 aromatic heterocycles. The minimum absolute atomic E-state index is 0.0993. The molecule has 21 heavy (non-hydrogen) atoms. The van der Waals surface area contributed by atoms with Crippen molar-refractivity contribution in [2.24, 2.45) is 11.3 Å². The van der Waals surface area contributed by atoms with Crippen molar-refractivity contribution in [3.05, 3.63) is 0 Å². The lowest BCUT2D eigenvalue weighted by atomic mass is 9.78. The van der Waals surface area contributed by atoms with Crippen LogP contribution in [0, 0.1) is 11.3 Å². The van der Waals surface area contributed by atoms with E-state index in [4.69, 9.17) is 4.74 Å². The van der Waals surface area contributed by atoms with Crippen LogP contribution in [-0.2, 0) is 14.3 Å². The van der Waals surface area contributed by atoms with Crippen LogP contribution in [0.4, 0.5) is 0 Å². The van der Waals surface area contributed by atoms with Crippen molar-refractivity contribution in [1.82, 2.24) is 9.80 Å². The lowest BCUT2D eigenvalue weighted by Crippen LogP contribution is -2.60. The Hall–Kier alpha value is -1.10. The molecule has 0 radical (unpaired) electrons. The second kappa shape index (κ2) is 4.97. The Balaban J connectivity index is 1.35. The summed E-state index contributed by atoms with van der Waals surface area (Å²) in [5, 5.41) is 0. The van der Waals surface area contributed by atoms with E-state index in [0.29, 0.717) is 19.0 Å². The topological polar surface area (TPSA) is 49.9 Å². The first-order chi connectivity index (χ1) is 10.2. The molecule has 0 aromatic rings. The molecule has 0 aromatic carbocycles. The van der Waals surface area contributed by atoms with Gasteiger partial charge in [0.05, 0.1) is 12.5 Å². The fraction of sp³-hybridized carbons (Fsp3) is 0.875. The van der Waals surface area contributed by atoms with Crippen molar-refractivity contribution < 1.29 is 14.3 Å². The van der Waals surface area contributed by atoms with Gasteiger partial charge in [-0.15, -0.1) is 0 Å². The summed E-state index contributed by atoms with van der Waals surface area (Å²) >= 11 is 0. The predicted octanol–water partition coefficient (Wildman–Crippen LogP) is 1.03. The maximum Gasteiger partial charge on any atom is 0.228 e. The fourth-order valence-electron chi connectivity index (χ4n) is 4.54. The number of ether oxygens (including phenoxy) is 1. The van der Waals surface area contributed by atoms with E-state index in [1.54, 1.807) is 0 Å². The number of amides is 2. The number of carbonyl (C=O) groups is 2. The van der Waals surface area contributed by atoms with E-state index in [1.807, 2.05) is 9.80 Å². The van der Waals surface area contributed by atoms with Crippen molar-refractivity contribution in [3.63, 3.8) is 0 Å². The molecule has 0 unspecified atom stereocenters. The van der Waals surface area contributed by atoms with E-state index in [2.05, 4.69) is 0 Å². The second-order valence-electron chi connectivity index (χ2n) is 7.38. The van der Waals surface area contributed by atoms with Gasteiger partial charge in [-0.25, -0.2) is 0 Å². The van der Waals surface area contributed by atoms with Crippen LogP contribution in [0.1, 0.15) is 38.5 Å². The molecule has 1 saturated carbocycles. The van der Waals surface area contributed by atoms with Crippen molar-refractivity contribution in [1.29, 1.82) is 0 Å². The van der Waals surface area contributed by atoms with Crippen molar-refractivity contribution in [2.45, 2.75) is 44.6 Å². The zero-order valence-corrected chi connectivity index (χ0v) is 12.6. The minimum atomic E-state index is -0.0993. The molecule has 4 rings (SSSR count). The highest BCUT2D eigenvalue weighted by Crippen LogP contribution is 2.40. The largest absolute Gasteiger partial charge is 0.381 e. The third-order valence-electron chi connectivity index (χ3n) is 5.82. The first kappa shape index (κ1) is 13.6. The Bertz CT molecular complexity index is 444. The van der Waals surface area contributed by atoms with Gasteiger partial charge in [-0.05, 0) is 19.3 Å². The van der Waals surface area contributed by atoms with Crippen LogP contribution in [0.3, 0.4) is 0 Å². The maximum absolute atomic E-state index is 12.6. The molecule has 5 nitrogen and oxygen atoms in total. The minimum Gasteiger partial charge on any atom is -0.381 e. The molecule has 0 N–H and O–H groups in total. The van der Waals surface area contributed by atoms with E-state index in [1.165, 1.54) is 12.8 Å². The van der Waals surface area contributed by atoms with Gasteiger partial charge >= 0.3 is 0 Å². The Morgan fingerprint density at radius 1 is 1.24 bits per heavy atom. The van der Waals surface area contributed by atoms with Crippen LogP contribution in [0.25, 0.3) is 0 Å². The van der Waals surface area contributed by atoms with Gasteiger partial charge < -0.3 is 14.5 Å². The van der Waals surface area contributed by atoms with Gasteiger partial charge in [0.2, 0.25) is 11.8 Å². The summed E-state index contributed by atoms with van der Waals surface area (Å²) in [6.07, 6.45) is 6.20. The molecule has 0 bridgehead atoms. The van der Waals surface area contributed by atoms with Crippen LogP contribution in [-0.4, -0.2) is 60.5 Å². The van der Waals surface area contributed by atoms with Crippen LogP contribution in [0.5, 0.6) is 0 Å². The number of carbonyl (C=O) groups excluding carboxylic acids is 2. The molecule has 4 fully saturated rings. The lowest BCUT2D eigenvalue weighted by molar-refractivity contribution is -0.147. The first-order valence-corrected chi connectivity index (χ1v) is 8.33. The smallest absolute Gasteiger partial charge is 0.228 e. The van der Waals surface area contributed by atoms with Crippen molar-refractivity contribution in [3.8, 4) is 0 Å². The highest BCUT2D eigenvalue weighted by Gasteiger charge is 2.50. The van der Waals surface area contributed by atoms with Gasteiger partial charge in [-0.2, -0.15) is 0 Å². The average Bonchev–Trinajstić information content (AvgIpc) is 3.15. The molecule has 1 spiro atoms. The predicted molar refractivity (Wildman–Crippen MR) is 76.5 cm³/mol. The Morgan fingerprint density at radius 2 is 2.00 bits per heavy atom. The Labute approximate surface area is 125 Å². The van der Waals surface area contributed by atoms with Crippen LogP contribution < -0.4 is 0 Å². The maximum atomic E-state index is 12.6. The van der Waals surface area contributed by atoms with Gasteiger partial charge in [0.15, 0.2) is 0 Å². The molecule has 1 aliphatic carbocycles. The zero-order valence-electron chi connectivity index (χ0n) is 12.6. The summed E-state index contributed by atoms with van der Waals surface area (Å²) in [5.41, 5.74) is 0.239. The number of rotatable bonds is 2. The molecule has 3 heterocycles. The molecule has 5 heteroatoms. The monoisotopic (exact) mass is 292 g/mol. The van der Waals surface area contributed by atoms with E-state index in [-0.39, 0.29) is 23.1 Å². The molecule has 116 valence electrons. The number of likely N-dealkylation sites (tertiary alicyclic amines) is 2. The van der Waals surface area contributed by atoms with Crippen molar-refractivity contribution >= 4 is 11.8 Å². The summed E-state index contributed by atoms with van der Waals surface area (Å²) in [7, 11) is 0. The van der Waals surface area contributed by atoms with Crippen molar-refractivity contribution in [2.75, 3.05) is 32.8 Å². The first-order valence-electron chi connectivity index (χ1n) is 8.33. The van der Waals surface area contributed by atoms with Gasteiger partial charge in [0.25, 0.3) is 0 Å². The quantitative estimate of drug-likeness (QED) is 0.764. The zero-order chi connectivity index (χ0) is 14.4. The molecule has 3 aliphatic heterocycles. The number of hydrogen-bond acceptors (Lipinski definition) is 3. The van der Waals surface area contributed by atoms with E-state index < -0.39 is 0 Å². The Morgan fingerprint density at radius 3 is 2.67 bits per heavy atom. The number of hydrogen-bond donors (Lipinski definition) is 0. The van der Waals surface area contributed by atoms with Gasteiger partial charge in [0.1, 0.15) is 0 Å². The average molecular weight is 292 g/mol. The summed E-state index contributed by atoms with van der Waals surface area (Å²) in [5.74, 6) is 0.291. The van der Waals surface area contributed by atoms with Crippen LogP contribution in [0.15, 0.2) is 0 Å². The second-order valence-corrected chi connectivity index (χ2v) is 7.38. The standard InChI is InChI=1S/C16H24N2O3/c19-14-7-12(8-18(14)13-3-1-2-4-13)15(20)17-9-16(10-17)5-6-21-11-16/h12-13H,1-11H2/t12-/m0/s1. The van der Waals surface area contributed by atoms with Crippen LogP contribution in [0.2, 0.25) is 0 Å². The molecule has 4 aliphatic rings. The third kappa shape index (κ3) is 2.26. The third-order valence-corrected chi connectivity index (χ3v) is 5.82. The molecule has 2 amide bonds. The normalized spacial score (nSPS) is 32.2. The molecular formula is C16H24N2O3. The highest BCUT2D eigenvalue weighted by atomic mass is 16.5. The molecule has 3 saturated heterocycles. The van der Waals surface area contributed by atoms with E-state index in [9.17, 15) is 9.59 Å². The van der Waals surface area contributed by atoms with Gasteiger partial charge in [-0.3, -0.25) is 9.59 Å². The SMILES string of the molecule is O=C([C@H]1CC(=O)N(C2CCCC2)C1)N1CC2(CCOC2)C1. The lowest BCUT2D eigenvalue weighted by Gasteiger charge is -2.48. The summed E-state index contributed by atoms with van der Waals surface area (Å²) in [6.45, 7) is 3.95. The van der Waals surface area contributed by atoms with Gasteiger partial charge in [0, 0.05) is 44.1 Å². The Kier molecular flexibility index (Phi) is 3.21. The fourth-order valence-corrected chi connectivity index (χ4v) is 4.54. The van der Waals surface area contributed by atoms with E-state index in [0.717, 1.165) is 45.6 Å². The highest BCUT2D eigenvalue weighted by molar-refractivity contribution is 5.89. The molecular weight excluding hydrogens is 268 g/mol. The van der Waals surface area contributed by atoms with Gasteiger partial charge in [-0.1, -0.05) is 12.8 Å². The van der Waals surface area contributed by atoms with E-state index >= 15 is 0 Å².